The van der Waals surface area contributed by atoms with Crippen LogP contribution in [0, 0.1) is 13.8 Å². The lowest BCUT2D eigenvalue weighted by atomic mass is 10.0. The summed E-state index contributed by atoms with van der Waals surface area (Å²) >= 11 is 1.49. The first-order valence-electron chi connectivity index (χ1n) is 6.15. The SMILES string of the molecule is Cc1nc(NC(=O)c2ccccc2CCN)sc1C. The Hall–Kier alpha value is -1.72. The highest BCUT2D eigenvalue weighted by Gasteiger charge is 2.13. The fraction of sp³-hybridized carbons (Fsp3) is 0.286. The van der Waals surface area contributed by atoms with Gasteiger partial charge in [-0.3, -0.25) is 10.1 Å². The second-order valence-corrected chi connectivity index (χ2v) is 5.51. The van der Waals surface area contributed by atoms with Crippen molar-refractivity contribution >= 4 is 22.4 Å². The number of amides is 1. The van der Waals surface area contributed by atoms with Gasteiger partial charge in [0.1, 0.15) is 0 Å². The smallest absolute Gasteiger partial charge is 0.257 e. The number of hydrogen-bond donors (Lipinski definition) is 2. The summed E-state index contributed by atoms with van der Waals surface area (Å²) in [5, 5.41) is 3.49. The zero-order valence-electron chi connectivity index (χ0n) is 11.1. The highest BCUT2D eigenvalue weighted by molar-refractivity contribution is 7.15. The maximum absolute atomic E-state index is 12.2. The minimum Gasteiger partial charge on any atom is -0.330 e. The van der Waals surface area contributed by atoms with Gasteiger partial charge in [-0.1, -0.05) is 18.2 Å². The van der Waals surface area contributed by atoms with Crippen LogP contribution in [0.4, 0.5) is 5.13 Å². The highest BCUT2D eigenvalue weighted by Crippen LogP contribution is 2.22. The topological polar surface area (TPSA) is 68.0 Å². The molecule has 1 amide bonds. The summed E-state index contributed by atoms with van der Waals surface area (Å²) in [6, 6.07) is 7.51. The number of aromatic nitrogens is 1. The Kier molecular flexibility index (Phi) is 4.29. The van der Waals surface area contributed by atoms with Crippen LogP contribution in [0.5, 0.6) is 0 Å². The van der Waals surface area contributed by atoms with Gasteiger partial charge in [0, 0.05) is 10.4 Å². The number of anilines is 1. The van der Waals surface area contributed by atoms with Crippen molar-refractivity contribution in [2.45, 2.75) is 20.3 Å². The van der Waals surface area contributed by atoms with Crippen LogP contribution in [-0.4, -0.2) is 17.4 Å². The van der Waals surface area contributed by atoms with Crippen LogP contribution in [0.15, 0.2) is 24.3 Å². The van der Waals surface area contributed by atoms with Gasteiger partial charge in [-0.2, -0.15) is 0 Å². The maximum Gasteiger partial charge on any atom is 0.257 e. The van der Waals surface area contributed by atoms with Crippen molar-refractivity contribution in [1.29, 1.82) is 0 Å². The minimum absolute atomic E-state index is 0.127. The van der Waals surface area contributed by atoms with E-state index in [1.54, 1.807) is 0 Å². The monoisotopic (exact) mass is 275 g/mol. The van der Waals surface area contributed by atoms with Crippen LogP contribution in [0.25, 0.3) is 0 Å². The molecule has 1 aromatic carbocycles. The molecule has 0 bridgehead atoms. The van der Waals surface area contributed by atoms with Crippen LogP contribution >= 0.6 is 11.3 Å². The average molecular weight is 275 g/mol. The average Bonchev–Trinajstić information content (AvgIpc) is 2.69. The molecule has 0 atom stereocenters. The molecule has 0 radical (unpaired) electrons. The summed E-state index contributed by atoms with van der Waals surface area (Å²) in [7, 11) is 0. The van der Waals surface area contributed by atoms with E-state index in [9.17, 15) is 4.79 Å². The summed E-state index contributed by atoms with van der Waals surface area (Å²) in [4.78, 5) is 17.7. The second-order valence-electron chi connectivity index (χ2n) is 4.31. The van der Waals surface area contributed by atoms with Crippen molar-refractivity contribution < 1.29 is 4.79 Å². The molecule has 1 aromatic heterocycles. The van der Waals surface area contributed by atoms with Crippen molar-refractivity contribution in [1.82, 2.24) is 4.98 Å². The standard InChI is InChI=1S/C14H17N3OS/c1-9-10(2)19-14(16-9)17-13(18)12-6-4-3-5-11(12)7-8-15/h3-6H,7-8,15H2,1-2H3,(H,16,17,18). The molecule has 0 aliphatic heterocycles. The molecule has 0 aliphatic carbocycles. The molecule has 19 heavy (non-hydrogen) atoms. The first-order valence-corrected chi connectivity index (χ1v) is 6.97. The first-order chi connectivity index (χ1) is 9.11. The van der Waals surface area contributed by atoms with Gasteiger partial charge in [-0.05, 0) is 38.4 Å². The molecule has 0 aliphatic rings. The number of hydrogen-bond acceptors (Lipinski definition) is 4. The van der Waals surface area contributed by atoms with Crippen LogP contribution in [-0.2, 0) is 6.42 Å². The van der Waals surface area contributed by atoms with Crippen molar-refractivity contribution in [2.75, 3.05) is 11.9 Å². The molecule has 0 unspecified atom stereocenters. The first kappa shape index (κ1) is 13.7. The van der Waals surface area contributed by atoms with Gasteiger partial charge in [0.15, 0.2) is 5.13 Å². The Labute approximate surface area is 116 Å². The van der Waals surface area contributed by atoms with Crippen LogP contribution in [0.3, 0.4) is 0 Å². The fourth-order valence-corrected chi connectivity index (χ4v) is 2.62. The van der Waals surface area contributed by atoms with E-state index in [1.807, 2.05) is 38.1 Å². The molecule has 100 valence electrons. The molecular weight excluding hydrogens is 258 g/mol. The van der Waals surface area contributed by atoms with Crippen molar-refractivity contribution in [3.8, 4) is 0 Å². The number of nitrogens with two attached hydrogens (primary N) is 1. The zero-order chi connectivity index (χ0) is 13.8. The van der Waals surface area contributed by atoms with Crippen molar-refractivity contribution in [2.24, 2.45) is 5.73 Å². The number of aryl methyl sites for hydroxylation is 2. The molecule has 2 aromatic rings. The number of rotatable bonds is 4. The second kappa shape index (κ2) is 5.95. The normalized spacial score (nSPS) is 10.5. The fourth-order valence-electron chi connectivity index (χ4n) is 1.81. The zero-order valence-corrected chi connectivity index (χ0v) is 11.9. The third-order valence-electron chi connectivity index (χ3n) is 2.92. The Bertz CT molecular complexity index is 573. The van der Waals surface area contributed by atoms with E-state index >= 15 is 0 Å². The van der Waals surface area contributed by atoms with E-state index in [1.165, 1.54) is 11.3 Å². The van der Waals surface area contributed by atoms with Gasteiger partial charge >= 0.3 is 0 Å². The quantitative estimate of drug-likeness (QED) is 0.901. The van der Waals surface area contributed by atoms with Crippen molar-refractivity contribution in [3.05, 3.63) is 46.0 Å². The Morgan fingerprint density at radius 3 is 2.74 bits per heavy atom. The number of carbonyl (C=O) groups is 1. The molecule has 3 N–H and O–H groups in total. The van der Waals surface area contributed by atoms with Crippen LogP contribution in [0.2, 0.25) is 0 Å². The predicted molar refractivity (Wildman–Crippen MR) is 78.7 cm³/mol. The molecule has 2 rings (SSSR count). The number of nitrogens with zero attached hydrogens (tertiary/aromatic N) is 1. The van der Waals surface area contributed by atoms with Crippen LogP contribution in [0.1, 0.15) is 26.5 Å². The van der Waals surface area contributed by atoms with Gasteiger partial charge in [-0.15, -0.1) is 11.3 Å². The minimum atomic E-state index is -0.127. The number of thiazole rings is 1. The largest absolute Gasteiger partial charge is 0.330 e. The summed E-state index contributed by atoms with van der Waals surface area (Å²) < 4.78 is 0. The third kappa shape index (κ3) is 3.19. The maximum atomic E-state index is 12.2. The van der Waals surface area contributed by atoms with Crippen LogP contribution < -0.4 is 11.1 Å². The van der Waals surface area contributed by atoms with Crippen molar-refractivity contribution in [3.63, 3.8) is 0 Å². The molecule has 1 heterocycles. The summed E-state index contributed by atoms with van der Waals surface area (Å²) in [6.07, 6.45) is 0.694. The van der Waals surface area contributed by atoms with E-state index in [4.69, 9.17) is 5.73 Å². The molecule has 0 saturated carbocycles. The van der Waals surface area contributed by atoms with Gasteiger partial charge in [0.25, 0.3) is 5.91 Å². The Morgan fingerprint density at radius 1 is 1.37 bits per heavy atom. The molecule has 0 saturated heterocycles. The van der Waals surface area contributed by atoms with E-state index in [0.717, 1.165) is 16.1 Å². The van der Waals surface area contributed by atoms with E-state index in [2.05, 4.69) is 10.3 Å². The lowest BCUT2D eigenvalue weighted by Gasteiger charge is -2.07. The van der Waals surface area contributed by atoms with Gasteiger partial charge in [0.2, 0.25) is 0 Å². The molecule has 4 nitrogen and oxygen atoms in total. The van der Waals surface area contributed by atoms with Gasteiger partial charge in [0.05, 0.1) is 5.69 Å². The summed E-state index contributed by atoms with van der Waals surface area (Å²) in [5.74, 6) is -0.127. The van der Waals surface area contributed by atoms with Gasteiger partial charge in [-0.25, -0.2) is 4.98 Å². The van der Waals surface area contributed by atoms with E-state index in [0.29, 0.717) is 23.7 Å². The summed E-state index contributed by atoms with van der Waals surface area (Å²) in [6.45, 7) is 4.45. The highest BCUT2D eigenvalue weighted by atomic mass is 32.1. The lowest BCUT2D eigenvalue weighted by Crippen LogP contribution is -2.15. The molecule has 0 spiro atoms. The summed E-state index contributed by atoms with van der Waals surface area (Å²) in [5.41, 5.74) is 8.15. The predicted octanol–water partition coefficient (Wildman–Crippen LogP) is 2.51. The number of benzene rings is 1. The molecule has 5 heteroatoms. The third-order valence-corrected chi connectivity index (χ3v) is 3.91. The lowest BCUT2D eigenvalue weighted by molar-refractivity contribution is 0.102. The number of carbonyl (C=O) groups excluding carboxylic acids is 1. The van der Waals surface area contributed by atoms with Gasteiger partial charge < -0.3 is 5.73 Å². The van der Waals surface area contributed by atoms with E-state index in [-0.39, 0.29) is 5.91 Å². The number of nitrogens with one attached hydrogen (secondary N) is 1. The Morgan fingerprint density at radius 2 is 2.11 bits per heavy atom. The van der Waals surface area contributed by atoms with E-state index < -0.39 is 0 Å². The molecular formula is C14H17N3OS. The Balaban J connectivity index is 2.20. The molecule has 0 fully saturated rings.